The van der Waals surface area contributed by atoms with Gasteiger partial charge in [0, 0.05) is 24.9 Å². The second kappa shape index (κ2) is 5.47. The van der Waals surface area contributed by atoms with Crippen molar-refractivity contribution >= 4 is 12.0 Å². The summed E-state index contributed by atoms with van der Waals surface area (Å²) in [4.78, 5) is 30.0. The molecule has 1 aromatic heterocycles. The van der Waals surface area contributed by atoms with Gasteiger partial charge >= 0.3 is 6.09 Å². The smallest absolute Gasteiger partial charge is 0.417 e. The molecule has 3 rings (SSSR count). The van der Waals surface area contributed by atoms with Gasteiger partial charge in [0.25, 0.3) is 5.91 Å². The number of carbonyl (C=O) groups excluding carboxylic acids is 2. The summed E-state index contributed by atoms with van der Waals surface area (Å²) in [5, 5.41) is 0. The molecular formula is C16H20N2O3. The fourth-order valence-electron chi connectivity index (χ4n) is 3.09. The molecule has 5 heteroatoms. The first kappa shape index (κ1) is 14.0. The summed E-state index contributed by atoms with van der Waals surface area (Å²) in [5.74, 6) is -0.157. The Labute approximate surface area is 124 Å². The summed E-state index contributed by atoms with van der Waals surface area (Å²) >= 11 is 0. The van der Waals surface area contributed by atoms with Gasteiger partial charge < -0.3 is 4.74 Å². The lowest BCUT2D eigenvalue weighted by molar-refractivity contribution is -0.136. The van der Waals surface area contributed by atoms with E-state index in [4.69, 9.17) is 4.74 Å². The zero-order valence-corrected chi connectivity index (χ0v) is 12.3. The van der Waals surface area contributed by atoms with Crippen LogP contribution in [0.3, 0.4) is 0 Å². The van der Waals surface area contributed by atoms with Crippen molar-refractivity contribution in [3.05, 3.63) is 29.6 Å². The highest BCUT2D eigenvalue weighted by Crippen LogP contribution is 2.39. The van der Waals surface area contributed by atoms with E-state index >= 15 is 0 Å². The van der Waals surface area contributed by atoms with Gasteiger partial charge in [-0.05, 0) is 43.7 Å². The van der Waals surface area contributed by atoms with Gasteiger partial charge in [0.05, 0.1) is 0 Å². The average Bonchev–Trinajstić information content (AvgIpc) is 3.05. The van der Waals surface area contributed by atoms with E-state index in [2.05, 4.69) is 11.9 Å². The fourth-order valence-corrected chi connectivity index (χ4v) is 3.09. The Bertz CT molecular complexity index is 547. The second-order valence-electron chi connectivity index (χ2n) is 5.79. The van der Waals surface area contributed by atoms with Gasteiger partial charge in [-0.1, -0.05) is 13.0 Å². The molecule has 1 spiro atoms. The van der Waals surface area contributed by atoms with Gasteiger partial charge in [0.2, 0.25) is 0 Å². The van der Waals surface area contributed by atoms with Crippen LogP contribution in [0.25, 0.3) is 0 Å². The number of ether oxygens (including phenoxy) is 1. The van der Waals surface area contributed by atoms with E-state index in [1.54, 1.807) is 0 Å². The molecule has 0 atom stereocenters. The van der Waals surface area contributed by atoms with Crippen LogP contribution in [0.5, 0.6) is 0 Å². The van der Waals surface area contributed by atoms with Gasteiger partial charge in [0.15, 0.2) is 5.60 Å². The normalized spacial score (nSPS) is 20.3. The number of imide groups is 1. The van der Waals surface area contributed by atoms with Crippen LogP contribution in [0.4, 0.5) is 4.79 Å². The molecular weight excluding hydrogens is 268 g/mol. The molecule has 2 heterocycles. The maximum Gasteiger partial charge on any atom is 0.417 e. The monoisotopic (exact) mass is 288 g/mol. The first-order valence-corrected chi connectivity index (χ1v) is 7.63. The molecule has 21 heavy (non-hydrogen) atoms. The summed E-state index contributed by atoms with van der Waals surface area (Å²) in [6, 6.07) is 3.99. The van der Waals surface area contributed by atoms with Crippen LogP contribution in [0.1, 0.15) is 43.9 Å². The Hall–Kier alpha value is -1.91. The number of hydrogen-bond acceptors (Lipinski definition) is 4. The minimum atomic E-state index is -0.851. The zero-order chi connectivity index (χ0) is 14.9. The van der Waals surface area contributed by atoms with Crippen LogP contribution in [-0.2, 0) is 22.4 Å². The molecule has 1 saturated carbocycles. The highest BCUT2D eigenvalue weighted by atomic mass is 16.6. The van der Waals surface area contributed by atoms with Crippen LogP contribution >= 0.6 is 0 Å². The van der Waals surface area contributed by atoms with Gasteiger partial charge in [-0.15, -0.1) is 0 Å². The molecule has 2 aliphatic rings. The van der Waals surface area contributed by atoms with E-state index < -0.39 is 11.7 Å². The molecule has 1 aliphatic carbocycles. The Kier molecular flexibility index (Phi) is 3.66. The SMILES string of the molecule is CCc1ccc(CCN2C(=O)OC3(CCCC3)C2=O)nc1. The van der Waals surface area contributed by atoms with Crippen LogP contribution < -0.4 is 0 Å². The number of aromatic nitrogens is 1. The third kappa shape index (κ3) is 2.52. The zero-order valence-electron chi connectivity index (χ0n) is 12.3. The Morgan fingerprint density at radius 1 is 1.29 bits per heavy atom. The third-order valence-corrected chi connectivity index (χ3v) is 4.44. The Morgan fingerprint density at radius 2 is 2.05 bits per heavy atom. The number of amides is 2. The van der Waals surface area contributed by atoms with Crippen LogP contribution in [0.2, 0.25) is 0 Å². The van der Waals surface area contributed by atoms with E-state index in [1.165, 1.54) is 10.5 Å². The standard InChI is InChI=1S/C16H20N2O3/c1-2-12-5-6-13(17-11-12)7-10-18-14(19)16(21-15(18)20)8-3-4-9-16/h5-6,11H,2-4,7-10H2,1H3. The molecule has 1 aliphatic heterocycles. The number of hydrogen-bond donors (Lipinski definition) is 0. The van der Waals surface area contributed by atoms with E-state index in [-0.39, 0.29) is 5.91 Å². The molecule has 1 aromatic rings. The molecule has 112 valence electrons. The van der Waals surface area contributed by atoms with Gasteiger partial charge in [0.1, 0.15) is 0 Å². The number of nitrogens with zero attached hydrogens (tertiary/aromatic N) is 2. The highest BCUT2D eigenvalue weighted by molar-refractivity contribution is 6.03. The van der Waals surface area contributed by atoms with Gasteiger partial charge in [-0.3, -0.25) is 9.78 Å². The van der Waals surface area contributed by atoms with Crippen molar-refractivity contribution < 1.29 is 14.3 Å². The third-order valence-electron chi connectivity index (χ3n) is 4.44. The van der Waals surface area contributed by atoms with Crippen molar-refractivity contribution in [3.63, 3.8) is 0 Å². The number of pyridine rings is 1. The average molecular weight is 288 g/mol. The molecule has 2 amide bonds. The minimum absolute atomic E-state index is 0.157. The number of aryl methyl sites for hydroxylation is 1. The Morgan fingerprint density at radius 3 is 2.67 bits per heavy atom. The van der Waals surface area contributed by atoms with E-state index in [9.17, 15) is 9.59 Å². The molecule has 0 unspecified atom stereocenters. The highest BCUT2D eigenvalue weighted by Gasteiger charge is 2.54. The maximum atomic E-state index is 12.4. The molecule has 2 fully saturated rings. The summed E-state index contributed by atoms with van der Waals surface area (Å²) in [7, 11) is 0. The van der Waals surface area contributed by atoms with Gasteiger partial charge in [-0.25, -0.2) is 9.69 Å². The molecule has 0 bridgehead atoms. The van der Waals surface area contributed by atoms with Crippen molar-refractivity contribution in [3.8, 4) is 0 Å². The van der Waals surface area contributed by atoms with Crippen molar-refractivity contribution in [2.75, 3.05) is 6.54 Å². The van der Waals surface area contributed by atoms with Crippen LogP contribution in [0, 0.1) is 0 Å². The molecule has 0 N–H and O–H groups in total. The molecule has 0 radical (unpaired) electrons. The van der Waals surface area contributed by atoms with Crippen molar-refractivity contribution in [1.82, 2.24) is 9.88 Å². The summed E-state index contributed by atoms with van der Waals surface area (Å²) in [6.45, 7) is 2.43. The first-order chi connectivity index (χ1) is 10.1. The largest absolute Gasteiger partial charge is 0.432 e. The fraction of sp³-hybridized carbons (Fsp3) is 0.562. The topological polar surface area (TPSA) is 59.5 Å². The van der Waals surface area contributed by atoms with Crippen molar-refractivity contribution in [1.29, 1.82) is 0 Å². The van der Waals surface area contributed by atoms with Gasteiger partial charge in [-0.2, -0.15) is 0 Å². The number of carbonyl (C=O) groups is 2. The molecule has 0 aromatic carbocycles. The quantitative estimate of drug-likeness (QED) is 0.854. The first-order valence-electron chi connectivity index (χ1n) is 7.63. The lowest BCUT2D eigenvalue weighted by atomic mass is 10.0. The Balaban J connectivity index is 1.64. The summed E-state index contributed by atoms with van der Waals surface area (Å²) in [5.41, 5.74) is 1.22. The minimum Gasteiger partial charge on any atom is -0.432 e. The lowest BCUT2D eigenvalue weighted by Gasteiger charge is -2.17. The predicted molar refractivity (Wildman–Crippen MR) is 76.7 cm³/mol. The van der Waals surface area contributed by atoms with Crippen molar-refractivity contribution in [2.45, 2.75) is 51.0 Å². The van der Waals surface area contributed by atoms with Crippen molar-refractivity contribution in [2.24, 2.45) is 0 Å². The van der Waals surface area contributed by atoms with E-state index in [1.807, 2.05) is 18.3 Å². The van der Waals surface area contributed by atoms with Crippen LogP contribution in [-0.4, -0.2) is 34.0 Å². The number of rotatable bonds is 4. The van der Waals surface area contributed by atoms with Crippen LogP contribution in [0.15, 0.2) is 18.3 Å². The van der Waals surface area contributed by atoms with E-state index in [0.29, 0.717) is 25.8 Å². The second-order valence-corrected chi connectivity index (χ2v) is 5.79. The summed E-state index contributed by atoms with van der Waals surface area (Å²) < 4.78 is 5.38. The molecule has 5 nitrogen and oxygen atoms in total. The predicted octanol–water partition coefficient (Wildman–Crippen LogP) is 2.48. The summed E-state index contributed by atoms with van der Waals surface area (Å²) in [6.07, 6.45) is 6.10. The molecule has 1 saturated heterocycles. The van der Waals surface area contributed by atoms with E-state index in [0.717, 1.165) is 25.0 Å². The maximum absolute atomic E-state index is 12.4. The lowest BCUT2D eigenvalue weighted by Crippen LogP contribution is -2.39.